The maximum Gasteiger partial charge on any atom is 0.196 e. The summed E-state index contributed by atoms with van der Waals surface area (Å²) >= 11 is 0. The summed E-state index contributed by atoms with van der Waals surface area (Å²) in [5.41, 5.74) is 2.20. The molecule has 1 aromatic heterocycles. The fraction of sp³-hybridized carbons (Fsp3) is 0.312. The van der Waals surface area contributed by atoms with E-state index in [2.05, 4.69) is 29.6 Å². The van der Waals surface area contributed by atoms with Crippen molar-refractivity contribution >= 4 is 12.4 Å². The van der Waals surface area contributed by atoms with E-state index in [1.807, 2.05) is 18.2 Å². The molecule has 2 aromatic rings. The predicted octanol–water partition coefficient (Wildman–Crippen LogP) is 2.60. The second-order valence-electron chi connectivity index (χ2n) is 5.07. The number of hydrogen-bond donors (Lipinski definition) is 1. The Morgan fingerprint density at radius 3 is 2.50 bits per heavy atom. The Bertz CT molecular complexity index is 547. The number of nitrogens with one attached hydrogen (secondary N) is 1. The van der Waals surface area contributed by atoms with Crippen LogP contribution in [0.25, 0.3) is 0 Å². The van der Waals surface area contributed by atoms with Gasteiger partial charge in [0, 0.05) is 24.6 Å². The van der Waals surface area contributed by atoms with Crippen LogP contribution < -0.4 is 10.0 Å². The third kappa shape index (κ3) is 2.94. The largest absolute Gasteiger partial charge is 0.618 e. The molecule has 3 nitrogen and oxygen atoms in total. The first-order chi connectivity index (χ1) is 9.36. The first-order valence-corrected chi connectivity index (χ1v) is 6.80. The monoisotopic (exact) mass is 290 g/mol. The molecule has 0 spiro atoms. The Balaban J connectivity index is 0.00000147. The van der Waals surface area contributed by atoms with Gasteiger partial charge in [0.05, 0.1) is 5.92 Å². The molecule has 1 aliphatic heterocycles. The maximum absolute atomic E-state index is 12.0. The highest BCUT2D eigenvalue weighted by Crippen LogP contribution is 2.35. The van der Waals surface area contributed by atoms with E-state index < -0.39 is 0 Å². The number of hydrogen-bond acceptors (Lipinski definition) is 2. The van der Waals surface area contributed by atoms with Gasteiger partial charge in [-0.1, -0.05) is 36.4 Å². The van der Waals surface area contributed by atoms with Crippen molar-refractivity contribution in [2.75, 3.05) is 13.1 Å². The van der Waals surface area contributed by atoms with Crippen LogP contribution in [0.4, 0.5) is 0 Å². The van der Waals surface area contributed by atoms with Crippen molar-refractivity contribution in [2.24, 2.45) is 0 Å². The molecule has 1 saturated heterocycles. The van der Waals surface area contributed by atoms with Crippen LogP contribution in [0.3, 0.4) is 0 Å². The van der Waals surface area contributed by atoms with E-state index in [1.165, 1.54) is 5.56 Å². The van der Waals surface area contributed by atoms with E-state index in [4.69, 9.17) is 0 Å². The normalized spacial score (nSPS) is 22.0. The molecule has 2 unspecified atom stereocenters. The van der Waals surface area contributed by atoms with Gasteiger partial charge in [-0.3, -0.25) is 0 Å². The summed E-state index contributed by atoms with van der Waals surface area (Å²) in [5, 5.41) is 15.4. The van der Waals surface area contributed by atoms with Gasteiger partial charge >= 0.3 is 0 Å². The zero-order valence-corrected chi connectivity index (χ0v) is 12.1. The minimum Gasteiger partial charge on any atom is -0.618 e. The van der Waals surface area contributed by atoms with Gasteiger partial charge in [0.1, 0.15) is 0 Å². The van der Waals surface area contributed by atoms with E-state index in [0.29, 0.717) is 11.8 Å². The second kappa shape index (κ2) is 6.73. The van der Waals surface area contributed by atoms with E-state index in [0.717, 1.165) is 29.9 Å². The van der Waals surface area contributed by atoms with Crippen molar-refractivity contribution in [3.63, 3.8) is 0 Å². The zero-order valence-electron chi connectivity index (χ0n) is 11.2. The summed E-state index contributed by atoms with van der Waals surface area (Å²) in [6.07, 6.45) is 2.60. The molecule has 0 bridgehead atoms. The number of rotatable bonds is 2. The fourth-order valence-electron chi connectivity index (χ4n) is 2.99. The molecule has 3 rings (SSSR count). The summed E-state index contributed by atoms with van der Waals surface area (Å²) in [5.74, 6) is 0.667. The quantitative estimate of drug-likeness (QED) is 0.682. The lowest BCUT2D eigenvalue weighted by Gasteiger charge is -2.31. The van der Waals surface area contributed by atoms with Crippen LogP contribution >= 0.6 is 12.4 Å². The lowest BCUT2D eigenvalue weighted by molar-refractivity contribution is -0.616. The molecule has 0 aliphatic carbocycles. The third-order valence-corrected chi connectivity index (χ3v) is 3.94. The van der Waals surface area contributed by atoms with Gasteiger partial charge in [0.15, 0.2) is 11.9 Å². The van der Waals surface area contributed by atoms with Crippen LogP contribution in [0.15, 0.2) is 54.7 Å². The summed E-state index contributed by atoms with van der Waals surface area (Å²) in [7, 11) is 0. The first kappa shape index (κ1) is 14.8. The van der Waals surface area contributed by atoms with Crippen molar-refractivity contribution in [1.82, 2.24) is 5.32 Å². The van der Waals surface area contributed by atoms with Gasteiger partial charge in [0.25, 0.3) is 0 Å². The van der Waals surface area contributed by atoms with E-state index in [-0.39, 0.29) is 12.4 Å². The lowest BCUT2D eigenvalue weighted by atomic mass is 9.79. The Kier molecular flexibility index (Phi) is 4.99. The van der Waals surface area contributed by atoms with E-state index in [1.54, 1.807) is 12.3 Å². The Labute approximate surface area is 125 Å². The second-order valence-corrected chi connectivity index (χ2v) is 5.07. The van der Waals surface area contributed by atoms with Gasteiger partial charge in [-0.15, -0.1) is 12.4 Å². The number of benzene rings is 1. The Morgan fingerprint density at radius 2 is 1.75 bits per heavy atom. The van der Waals surface area contributed by atoms with Gasteiger partial charge in [-0.2, -0.15) is 4.73 Å². The minimum absolute atomic E-state index is 0. The van der Waals surface area contributed by atoms with Gasteiger partial charge in [0.2, 0.25) is 0 Å². The van der Waals surface area contributed by atoms with Crippen molar-refractivity contribution in [2.45, 2.75) is 18.3 Å². The maximum atomic E-state index is 12.0. The van der Waals surface area contributed by atoms with Gasteiger partial charge in [-0.05, 0) is 18.5 Å². The molecule has 4 heteroatoms. The van der Waals surface area contributed by atoms with Crippen molar-refractivity contribution in [3.8, 4) is 0 Å². The zero-order chi connectivity index (χ0) is 13.1. The predicted molar refractivity (Wildman–Crippen MR) is 82.1 cm³/mol. The summed E-state index contributed by atoms with van der Waals surface area (Å²) in [6.45, 7) is 1.91. The van der Waals surface area contributed by atoms with Crippen LogP contribution in [0, 0.1) is 5.21 Å². The molecular formula is C16H19ClN2O. The van der Waals surface area contributed by atoms with Crippen LogP contribution in [-0.2, 0) is 0 Å². The number of nitrogens with zero attached hydrogens (tertiary/aromatic N) is 1. The molecule has 1 N–H and O–H groups in total. The molecule has 2 heterocycles. The standard InChI is InChI=1S/C16H18N2O.ClH/c19-18-11-5-4-8-16(18)14-9-10-17-12-15(14)13-6-2-1-3-7-13;/h1-8,11,14-15,17H,9-10,12H2;1H. The highest BCUT2D eigenvalue weighted by atomic mass is 35.5. The van der Waals surface area contributed by atoms with Crippen molar-refractivity contribution in [3.05, 3.63) is 71.2 Å². The highest BCUT2D eigenvalue weighted by molar-refractivity contribution is 5.85. The molecule has 0 amide bonds. The molecule has 1 aliphatic rings. The average Bonchev–Trinajstić information content (AvgIpc) is 2.49. The van der Waals surface area contributed by atoms with Crippen molar-refractivity contribution < 1.29 is 4.73 Å². The Hall–Kier alpha value is -1.58. The number of piperidine rings is 1. The molecule has 1 aromatic carbocycles. The number of pyridine rings is 1. The van der Waals surface area contributed by atoms with Gasteiger partial charge < -0.3 is 10.5 Å². The molecule has 106 valence electrons. The van der Waals surface area contributed by atoms with Crippen molar-refractivity contribution in [1.29, 1.82) is 0 Å². The third-order valence-electron chi connectivity index (χ3n) is 3.94. The minimum atomic E-state index is 0. The van der Waals surface area contributed by atoms with E-state index in [9.17, 15) is 5.21 Å². The first-order valence-electron chi connectivity index (χ1n) is 6.80. The Morgan fingerprint density at radius 1 is 1.00 bits per heavy atom. The van der Waals surface area contributed by atoms with Crippen LogP contribution in [0.5, 0.6) is 0 Å². The van der Waals surface area contributed by atoms with Crippen LogP contribution in [0.2, 0.25) is 0 Å². The highest BCUT2D eigenvalue weighted by Gasteiger charge is 2.32. The summed E-state index contributed by atoms with van der Waals surface area (Å²) < 4.78 is 1.02. The van der Waals surface area contributed by atoms with Crippen LogP contribution in [0.1, 0.15) is 29.5 Å². The van der Waals surface area contributed by atoms with E-state index >= 15 is 0 Å². The molecule has 2 atom stereocenters. The lowest BCUT2D eigenvalue weighted by Crippen LogP contribution is -2.40. The molecule has 0 saturated carbocycles. The number of halogens is 1. The molecular weight excluding hydrogens is 272 g/mol. The topological polar surface area (TPSA) is 39.0 Å². The van der Waals surface area contributed by atoms with Gasteiger partial charge in [-0.25, -0.2) is 0 Å². The average molecular weight is 291 g/mol. The molecule has 20 heavy (non-hydrogen) atoms. The van der Waals surface area contributed by atoms with Crippen LogP contribution in [-0.4, -0.2) is 13.1 Å². The summed E-state index contributed by atoms with van der Waals surface area (Å²) in [4.78, 5) is 0. The molecule has 1 fully saturated rings. The number of aromatic nitrogens is 1. The fourth-order valence-corrected chi connectivity index (χ4v) is 2.99. The SMILES string of the molecule is Cl.[O-][n+]1ccccc1C1CCNCC1c1ccccc1. The summed E-state index contributed by atoms with van der Waals surface area (Å²) in [6, 6.07) is 16.2. The smallest absolute Gasteiger partial charge is 0.196 e. The molecule has 0 radical (unpaired) electrons.